The van der Waals surface area contributed by atoms with Gasteiger partial charge in [-0.25, -0.2) is 0 Å². The van der Waals surface area contributed by atoms with Crippen LogP contribution in [-0.2, 0) is 133 Å². The zero-order valence-corrected chi connectivity index (χ0v) is 79.3. The van der Waals surface area contributed by atoms with Gasteiger partial charge in [0.25, 0.3) is 0 Å². The zero-order valence-electron chi connectivity index (χ0n) is 79.3. The summed E-state index contributed by atoms with van der Waals surface area (Å²) < 4.78 is 138. The van der Waals surface area contributed by atoms with E-state index in [2.05, 4.69) is 26.6 Å². The molecule has 60 atom stereocenters. The van der Waals surface area contributed by atoms with Gasteiger partial charge in [-0.15, -0.1) is 0 Å². The Morgan fingerprint density at radius 2 is 0.372 bits per heavy atom. The Balaban J connectivity index is 0.923. The summed E-state index contributed by atoms with van der Waals surface area (Å²) in [6.07, 6.45) is -120. The minimum atomic E-state index is -2.76. The molecule has 12 aliphatic heterocycles. The molecule has 66 nitrogen and oxygen atoms in total. The predicted octanol–water partition coefficient (Wildman–Crippen LogP) is -26.4. The van der Waals surface area contributed by atoms with Gasteiger partial charge in [-0.3, -0.25) is 24.0 Å². The molecule has 0 aromatic carbocycles. The quantitative estimate of drug-likeness (QED) is 0.0272. The lowest BCUT2D eigenvalue weighted by molar-refractivity contribution is -0.400. The Hall–Kier alpha value is -4.89. The molecule has 0 aromatic heterocycles. The van der Waals surface area contributed by atoms with Crippen molar-refractivity contribution in [3.05, 3.63) is 0 Å². The first-order chi connectivity index (χ1) is 70.0. The van der Waals surface area contributed by atoms with Crippen LogP contribution in [0.3, 0.4) is 0 Å². The molecule has 0 radical (unpaired) electrons. The maximum atomic E-state index is 13.3. The molecule has 0 saturated carbocycles. The van der Waals surface area contributed by atoms with Gasteiger partial charge in [0.1, 0.15) is 293 Å². The van der Waals surface area contributed by atoms with Crippen LogP contribution < -0.4 is 26.6 Å². The number of hydrogen-bond acceptors (Lipinski definition) is 61. The van der Waals surface area contributed by atoms with Gasteiger partial charge in [0.2, 0.25) is 29.5 Å². The third kappa shape index (κ3) is 27.0. The van der Waals surface area contributed by atoms with Gasteiger partial charge in [-0.05, 0) is 0 Å². The highest BCUT2D eigenvalue weighted by Gasteiger charge is 2.63. The summed E-state index contributed by atoms with van der Waals surface area (Å²) in [5.74, 6) is -4.98. The van der Waals surface area contributed by atoms with Crippen molar-refractivity contribution in [2.75, 3.05) is 79.3 Å². The number of nitrogens with one attached hydrogen (secondary N) is 5. The first-order valence-corrected chi connectivity index (χ1v) is 47.2. The fourth-order valence-corrected chi connectivity index (χ4v) is 19.1. The van der Waals surface area contributed by atoms with Crippen LogP contribution in [0.4, 0.5) is 0 Å². The van der Waals surface area contributed by atoms with Crippen LogP contribution in [0.2, 0.25) is 0 Å². The van der Waals surface area contributed by atoms with Gasteiger partial charge < -0.3 is 304 Å². The second-order valence-electron chi connectivity index (χ2n) is 37.4. The molecule has 5 amide bonds. The Kier molecular flexibility index (Phi) is 43.9. The van der Waals surface area contributed by atoms with Crippen molar-refractivity contribution in [1.82, 2.24) is 26.6 Å². The molecule has 12 saturated heterocycles. The lowest BCUT2D eigenvalue weighted by atomic mass is 9.94. The van der Waals surface area contributed by atoms with Crippen molar-refractivity contribution >= 4 is 29.5 Å². The van der Waals surface area contributed by atoms with E-state index in [0.29, 0.717) is 0 Å². The van der Waals surface area contributed by atoms with Crippen LogP contribution >= 0.6 is 0 Å². The molecule has 0 bridgehead atoms. The highest BCUT2D eigenvalue weighted by molar-refractivity contribution is 5.75. The van der Waals surface area contributed by atoms with E-state index in [-0.39, 0.29) is 0 Å². The second kappa shape index (κ2) is 53.4. The van der Waals surface area contributed by atoms with Crippen molar-refractivity contribution in [3.8, 4) is 0 Å². The van der Waals surface area contributed by atoms with Crippen molar-refractivity contribution in [3.63, 3.8) is 0 Å². The highest BCUT2D eigenvalue weighted by Crippen LogP contribution is 2.42. The molecule has 12 aliphatic rings. The topological polar surface area (TPSA) is 1030 Å². The Labute approximate surface area is 837 Å². The summed E-state index contributed by atoms with van der Waals surface area (Å²) in [6, 6.07) is -9.96. The second-order valence-corrected chi connectivity index (χ2v) is 37.4. The summed E-state index contributed by atoms with van der Waals surface area (Å²) in [6.45, 7) is -9.39. The molecule has 0 aromatic rings. The number of hydrogen-bond donors (Lipinski definition) is 38. The highest BCUT2D eigenvalue weighted by atomic mass is 16.8. The molecule has 38 N–H and O–H groups in total. The number of aliphatic hydroxyl groups is 33. The Morgan fingerprint density at radius 3 is 0.662 bits per heavy atom. The number of carbonyl (C=O) groups excluding carboxylic acids is 5. The van der Waals surface area contributed by atoms with Crippen LogP contribution in [0.25, 0.3) is 0 Å². The van der Waals surface area contributed by atoms with Crippen LogP contribution in [0.5, 0.6) is 0 Å². The van der Waals surface area contributed by atoms with E-state index in [1.165, 1.54) is 0 Å². The number of ether oxygens (including phenoxy) is 23. The molecule has 148 heavy (non-hydrogen) atoms. The van der Waals surface area contributed by atoms with E-state index < -0.39 is 477 Å². The van der Waals surface area contributed by atoms with E-state index in [1.54, 1.807) is 0 Å². The van der Waals surface area contributed by atoms with Gasteiger partial charge >= 0.3 is 0 Å². The van der Waals surface area contributed by atoms with Gasteiger partial charge in [0, 0.05) is 34.6 Å². The maximum absolute atomic E-state index is 13.3. The van der Waals surface area contributed by atoms with Crippen LogP contribution in [-0.4, -0.2) is 645 Å². The first kappa shape index (κ1) is 122. The number of carbonyl (C=O) groups is 5. The number of rotatable bonds is 39. The van der Waals surface area contributed by atoms with Gasteiger partial charge in [0.15, 0.2) is 75.5 Å². The van der Waals surface area contributed by atoms with Crippen molar-refractivity contribution < 1.29 is 301 Å². The fourth-order valence-electron chi connectivity index (χ4n) is 19.1. The van der Waals surface area contributed by atoms with Gasteiger partial charge in [-0.2, -0.15) is 0 Å². The predicted molar refractivity (Wildman–Crippen MR) is 453 cm³/mol. The molecular formula is C82H137N5O61. The Morgan fingerprint density at radius 1 is 0.176 bits per heavy atom. The first-order valence-electron chi connectivity index (χ1n) is 47.2. The summed E-state index contributed by atoms with van der Waals surface area (Å²) in [4.78, 5) is 65.4. The molecule has 12 rings (SSSR count). The van der Waals surface area contributed by atoms with E-state index in [9.17, 15) is 192 Å². The standard InChI is InChI=1S/C82H137N5O61/c1-18(97)83-35-47(109)63(27(10-92)129-71(35)125)145-80-62(124)68(146-82-70(148-75-39(87-22(5)101)51(113)67(31(14-96)137-75)144-79-61(123)55(117)43(105)26(9-91)133-79)57(119)45(107)33(140-82)16-127-73-37(85-20(3)99)49(111)65(29(12-94)135-73)142-77-59(121)53(115)41(103)24(7-89)131-77)46(108)34(138-80)17-128-81-69(147-74-38(86-21(4)100)50(112)66(30(13-95)136-74)143-78-60(122)54(116)42(104)25(8-90)132-78)56(118)44(106)32(139-81)15-126-72-36(84-19(2)98)48(110)64(28(11-93)134-72)141-76-58(120)52(114)40(102)23(6-88)130-76/h23-82,88-96,102-125H,6-17H2,1-5H3,(H,83,97)(H,84,98)(H,85,99)(H,86,100)(H,87,101)/t23-,24-,25-,26-,27-,28-,29-,30-,31-,32-,33-,34-,35-,36-,37-,38-,39-,40+,41+,42+,43+,44-,45-,46-,47-,48+,49-,50-,51-,52+,53+,54+,55+,56+,57+,58-,59-,60-,61-,62+,63-,64-,65-,66-,67-,68+,69+,70+,71-,72-,73-,74+,75+,76+,77+,78+,79+,80+,81+,82-/m1/s1. The van der Waals surface area contributed by atoms with Crippen molar-refractivity contribution in [2.24, 2.45) is 0 Å². The third-order valence-electron chi connectivity index (χ3n) is 27.1. The van der Waals surface area contributed by atoms with Crippen LogP contribution in [0, 0.1) is 0 Å². The molecular weight excluding hydrogens is 2030 g/mol. The van der Waals surface area contributed by atoms with Gasteiger partial charge in [-0.1, -0.05) is 0 Å². The molecule has 0 unspecified atom stereocenters. The Bertz CT molecular complexity index is 4120. The summed E-state index contributed by atoms with van der Waals surface area (Å²) in [7, 11) is 0. The van der Waals surface area contributed by atoms with E-state index in [1.807, 2.05) is 0 Å². The van der Waals surface area contributed by atoms with E-state index >= 15 is 0 Å². The SMILES string of the molecule is CC(=O)N[C@@H]1[C@@H](O)[C@H](O[C@@H]2O[C@H](CO[C@H]3O[C@H](CO[C@@H]4O[C@H](CO)[C@@H](O[C@@H]5O[C@H](CO)[C@H](O)[C@H](O)[C@H]5O)[C@@H](O)[C@H]4NC(C)=O)[C@@H](O)[C@H](O)[C@@H]3O[C@@H]3O[C@H](CO)[C@@H](O[C@@H]4O[C@H](CO)[C@H](O)[C@H](O)[C@H]4O)[C@H](O)[C@H]3NC(C)=O)[C@@H](O)[C@H](O[C@H]3O[C@H](CO[C@@H]4O[C@H](CO)[C@@H](O[C@@H]5O[C@H](CO)[C@H](O)[C@H](O)[C@H]5O)[C@H](O)[C@H]4NC(C)=O)[C@@H](O)[C@H](O)[C@@H]3O[C@@H]3O[C@H](CO)[C@@H](O[C@@H]4O[C@H](CO)[C@H](O)[C@H](O)[C@H]4O)[C@H](O)[C@H]3NC(C)=O)[C@@H]2O)[C@@H](CO)O[C@H]1O. The van der Waals surface area contributed by atoms with Crippen molar-refractivity contribution in [1.29, 1.82) is 0 Å². The van der Waals surface area contributed by atoms with Crippen molar-refractivity contribution in [2.45, 2.75) is 403 Å². The lowest BCUT2D eigenvalue weighted by Crippen LogP contribution is -2.70. The average molecular weight is 2170 g/mol. The molecule has 0 spiro atoms. The minimum Gasteiger partial charge on any atom is -0.394 e. The molecule has 66 heteroatoms. The van der Waals surface area contributed by atoms with Crippen LogP contribution in [0.15, 0.2) is 0 Å². The fraction of sp³-hybridized carbons (Fsp3) is 0.939. The third-order valence-corrected chi connectivity index (χ3v) is 27.1. The monoisotopic (exact) mass is 2170 g/mol. The summed E-state index contributed by atoms with van der Waals surface area (Å²) >= 11 is 0. The van der Waals surface area contributed by atoms with Gasteiger partial charge in [0.05, 0.1) is 79.3 Å². The normalized spacial score (nSPS) is 49.3. The molecule has 856 valence electrons. The largest absolute Gasteiger partial charge is 0.394 e. The smallest absolute Gasteiger partial charge is 0.217 e. The molecule has 12 fully saturated rings. The molecule has 0 aliphatic carbocycles. The van der Waals surface area contributed by atoms with Crippen LogP contribution in [0.1, 0.15) is 34.6 Å². The maximum Gasteiger partial charge on any atom is 0.217 e. The van der Waals surface area contributed by atoms with E-state index in [0.717, 1.165) is 34.6 Å². The lowest BCUT2D eigenvalue weighted by Gasteiger charge is -2.51. The average Bonchev–Trinajstić information content (AvgIpc) is 0.761. The summed E-state index contributed by atoms with van der Waals surface area (Å²) in [5, 5.41) is 384. The number of aliphatic hydroxyl groups excluding tert-OH is 33. The summed E-state index contributed by atoms with van der Waals surface area (Å²) in [5.41, 5.74) is 0. The minimum absolute atomic E-state index is 0.866. The number of amides is 5. The zero-order chi connectivity index (χ0) is 109. The molecule has 12 heterocycles. The van der Waals surface area contributed by atoms with E-state index in [4.69, 9.17) is 109 Å².